The molecule has 11 heteroatoms. The maximum Gasteiger partial charge on any atom is 0.417 e. The SMILES string of the molecule is CC.CNc1ccc(C(O)c2nc3ncc(C(F)(F)F)cc3[nH]2)cn1.N#Cc1cccc(C=O)c1. The summed E-state index contributed by atoms with van der Waals surface area (Å²) in [5, 5.41) is 21.5. The quantitative estimate of drug-likeness (QED) is 0.352. The Kier molecular flexibility index (Phi) is 9.43. The molecule has 1 unspecified atom stereocenters. The number of alkyl halides is 3. The molecule has 0 bridgehead atoms. The fraction of sp³-hybridized carbons (Fsp3) is 0.208. The van der Waals surface area contributed by atoms with Gasteiger partial charge in [0.2, 0.25) is 0 Å². The summed E-state index contributed by atoms with van der Waals surface area (Å²) in [6, 6.07) is 12.7. The molecule has 182 valence electrons. The third kappa shape index (κ3) is 7.09. The maximum absolute atomic E-state index is 12.7. The van der Waals surface area contributed by atoms with Gasteiger partial charge in [-0.25, -0.2) is 15.0 Å². The minimum atomic E-state index is -4.49. The number of H-pyrrole nitrogens is 1. The summed E-state index contributed by atoms with van der Waals surface area (Å²) >= 11 is 0. The number of aliphatic hydroxyl groups is 1. The summed E-state index contributed by atoms with van der Waals surface area (Å²) < 4.78 is 38.0. The number of anilines is 1. The fourth-order valence-corrected chi connectivity index (χ4v) is 2.76. The van der Waals surface area contributed by atoms with Gasteiger partial charge in [-0.05, 0) is 24.3 Å². The molecule has 1 atom stereocenters. The van der Waals surface area contributed by atoms with E-state index in [0.29, 0.717) is 28.7 Å². The first kappa shape index (κ1) is 26.9. The smallest absolute Gasteiger partial charge is 0.380 e. The third-order valence-electron chi connectivity index (χ3n) is 4.45. The molecular weight excluding hydrogens is 461 g/mol. The minimum absolute atomic E-state index is 0.103. The molecule has 1 aromatic carbocycles. The average molecular weight is 484 g/mol. The zero-order valence-corrected chi connectivity index (χ0v) is 19.1. The lowest BCUT2D eigenvalue weighted by Crippen LogP contribution is -2.05. The van der Waals surface area contributed by atoms with E-state index in [1.165, 1.54) is 6.20 Å². The van der Waals surface area contributed by atoms with E-state index in [1.807, 2.05) is 19.9 Å². The maximum atomic E-state index is 12.7. The van der Waals surface area contributed by atoms with Crippen LogP contribution in [0.3, 0.4) is 0 Å². The Labute approximate surface area is 199 Å². The summed E-state index contributed by atoms with van der Waals surface area (Å²) in [5.74, 6) is 0.730. The van der Waals surface area contributed by atoms with Crippen molar-refractivity contribution < 1.29 is 23.1 Å². The van der Waals surface area contributed by atoms with E-state index in [9.17, 15) is 23.1 Å². The van der Waals surface area contributed by atoms with Crippen LogP contribution in [0.1, 0.15) is 52.8 Å². The zero-order valence-electron chi connectivity index (χ0n) is 19.1. The van der Waals surface area contributed by atoms with Crippen molar-refractivity contribution in [3.63, 3.8) is 0 Å². The number of imidazole rings is 1. The van der Waals surface area contributed by atoms with Crippen molar-refractivity contribution in [2.24, 2.45) is 0 Å². The normalized spacial score (nSPS) is 11.3. The number of hydrogen-bond acceptors (Lipinski definition) is 7. The number of aldehydes is 1. The van der Waals surface area contributed by atoms with Crippen LogP contribution >= 0.6 is 0 Å². The van der Waals surface area contributed by atoms with Crippen LogP contribution in [-0.4, -0.2) is 38.4 Å². The van der Waals surface area contributed by atoms with Gasteiger partial charge in [0.1, 0.15) is 24.0 Å². The number of nitriles is 1. The monoisotopic (exact) mass is 484 g/mol. The summed E-state index contributed by atoms with van der Waals surface area (Å²) in [4.78, 5) is 24.6. The van der Waals surface area contributed by atoms with E-state index in [2.05, 4.69) is 25.3 Å². The van der Waals surface area contributed by atoms with E-state index >= 15 is 0 Å². The number of aromatic nitrogens is 4. The van der Waals surface area contributed by atoms with E-state index < -0.39 is 17.8 Å². The van der Waals surface area contributed by atoms with Crippen molar-refractivity contribution in [2.45, 2.75) is 26.1 Å². The van der Waals surface area contributed by atoms with Gasteiger partial charge >= 0.3 is 6.18 Å². The van der Waals surface area contributed by atoms with E-state index in [4.69, 9.17) is 5.26 Å². The van der Waals surface area contributed by atoms with Crippen LogP contribution in [-0.2, 0) is 6.18 Å². The Morgan fingerprint density at radius 3 is 2.46 bits per heavy atom. The predicted molar refractivity (Wildman–Crippen MR) is 125 cm³/mol. The molecule has 8 nitrogen and oxygen atoms in total. The molecule has 0 saturated heterocycles. The van der Waals surface area contributed by atoms with Crippen molar-refractivity contribution >= 4 is 23.3 Å². The van der Waals surface area contributed by atoms with Crippen molar-refractivity contribution in [1.29, 1.82) is 5.26 Å². The molecule has 0 fully saturated rings. The molecule has 4 aromatic rings. The Morgan fingerprint density at radius 2 is 1.89 bits per heavy atom. The van der Waals surface area contributed by atoms with Gasteiger partial charge < -0.3 is 15.4 Å². The van der Waals surface area contributed by atoms with Crippen LogP contribution in [0.2, 0.25) is 0 Å². The fourth-order valence-electron chi connectivity index (χ4n) is 2.76. The van der Waals surface area contributed by atoms with Crippen molar-refractivity contribution in [3.8, 4) is 6.07 Å². The van der Waals surface area contributed by atoms with Gasteiger partial charge in [0, 0.05) is 30.6 Å². The number of fused-ring (bicyclic) bond motifs is 1. The van der Waals surface area contributed by atoms with Crippen LogP contribution in [0.5, 0.6) is 0 Å². The molecule has 0 saturated carbocycles. The lowest BCUT2D eigenvalue weighted by Gasteiger charge is -2.08. The average Bonchev–Trinajstić information content (AvgIpc) is 3.33. The third-order valence-corrected chi connectivity index (χ3v) is 4.45. The predicted octanol–water partition coefficient (Wildman–Crippen LogP) is 4.89. The number of hydrogen-bond donors (Lipinski definition) is 3. The molecular formula is C24H23F3N6O2. The van der Waals surface area contributed by atoms with Crippen LogP contribution in [0.15, 0.2) is 54.9 Å². The number of carbonyl (C=O) groups is 1. The van der Waals surface area contributed by atoms with Gasteiger partial charge in [-0.2, -0.15) is 18.4 Å². The minimum Gasteiger partial charge on any atom is -0.380 e. The van der Waals surface area contributed by atoms with Crippen molar-refractivity contribution in [1.82, 2.24) is 19.9 Å². The topological polar surface area (TPSA) is 128 Å². The first-order chi connectivity index (χ1) is 16.7. The van der Waals surface area contributed by atoms with Gasteiger partial charge in [0.15, 0.2) is 5.65 Å². The van der Waals surface area contributed by atoms with Crippen LogP contribution < -0.4 is 5.32 Å². The summed E-state index contributed by atoms with van der Waals surface area (Å²) in [5.41, 5.74) is 0.845. The second-order valence-electron chi connectivity index (χ2n) is 6.70. The number of rotatable bonds is 4. The molecule has 35 heavy (non-hydrogen) atoms. The number of benzene rings is 1. The van der Waals surface area contributed by atoms with E-state index in [-0.39, 0.29) is 17.0 Å². The molecule has 4 rings (SSSR count). The molecule has 0 aliphatic carbocycles. The Morgan fingerprint density at radius 1 is 1.14 bits per heavy atom. The van der Waals surface area contributed by atoms with Crippen LogP contribution in [0, 0.1) is 11.3 Å². The van der Waals surface area contributed by atoms with Crippen molar-refractivity contribution in [2.75, 3.05) is 12.4 Å². The first-order valence-electron chi connectivity index (χ1n) is 10.4. The standard InChI is InChI=1S/C14H12F3N5O.C8H5NO.C2H6/c1-18-10-3-2-7(5-19-10)11(23)13-21-9-4-8(14(15,16)17)6-20-12(9)22-13;9-5-7-2-1-3-8(4-7)6-10;1-2/h2-6,11,23H,1H3,(H,18,19)(H,20,21,22);1-4,6H;1-2H3. The molecule has 3 aromatic heterocycles. The second-order valence-corrected chi connectivity index (χ2v) is 6.70. The van der Waals surface area contributed by atoms with Gasteiger partial charge in [-0.15, -0.1) is 0 Å². The second kappa shape index (κ2) is 12.2. The molecule has 0 amide bonds. The van der Waals surface area contributed by atoms with Gasteiger partial charge in [0.25, 0.3) is 0 Å². The van der Waals surface area contributed by atoms with Crippen molar-refractivity contribution in [3.05, 3.63) is 82.9 Å². The largest absolute Gasteiger partial charge is 0.417 e. The number of nitrogens with one attached hydrogen (secondary N) is 2. The van der Waals surface area contributed by atoms with E-state index in [1.54, 1.807) is 43.4 Å². The Hall–Kier alpha value is -4.30. The highest BCUT2D eigenvalue weighted by Crippen LogP contribution is 2.30. The number of aliphatic hydroxyl groups excluding tert-OH is 1. The summed E-state index contributed by atoms with van der Waals surface area (Å²) in [6.45, 7) is 4.00. The lowest BCUT2D eigenvalue weighted by atomic mass is 10.1. The number of aromatic amines is 1. The Balaban J connectivity index is 0.000000302. The highest BCUT2D eigenvalue weighted by molar-refractivity contribution is 5.75. The summed E-state index contributed by atoms with van der Waals surface area (Å²) in [7, 11) is 1.71. The molecule has 3 heterocycles. The van der Waals surface area contributed by atoms with Gasteiger partial charge in [-0.1, -0.05) is 32.0 Å². The number of carbonyl (C=O) groups excluding carboxylic acids is 1. The number of nitrogens with zero attached hydrogens (tertiary/aromatic N) is 4. The molecule has 0 radical (unpaired) electrons. The molecule has 0 aliphatic rings. The molecule has 0 spiro atoms. The Bertz CT molecular complexity index is 1300. The van der Waals surface area contributed by atoms with E-state index in [0.717, 1.165) is 12.4 Å². The first-order valence-corrected chi connectivity index (χ1v) is 10.4. The van der Waals surface area contributed by atoms with Crippen LogP contribution in [0.25, 0.3) is 11.2 Å². The summed E-state index contributed by atoms with van der Waals surface area (Å²) in [6.07, 6.45) is -2.74. The zero-order chi connectivity index (χ0) is 26.0. The molecule has 0 aliphatic heterocycles. The number of halogens is 3. The van der Waals surface area contributed by atoms with Crippen LogP contribution in [0.4, 0.5) is 19.0 Å². The van der Waals surface area contributed by atoms with Gasteiger partial charge in [0.05, 0.1) is 22.7 Å². The number of pyridine rings is 2. The van der Waals surface area contributed by atoms with Gasteiger partial charge in [-0.3, -0.25) is 4.79 Å². The highest BCUT2D eigenvalue weighted by Gasteiger charge is 2.31. The molecule has 3 N–H and O–H groups in total. The highest BCUT2D eigenvalue weighted by atomic mass is 19.4. The lowest BCUT2D eigenvalue weighted by molar-refractivity contribution is -0.137.